The maximum Gasteiger partial charge on any atom is 0.137 e. The minimum absolute atomic E-state index is 0.191. The SMILES string of the molecule is c1ccc2c(c1)-c1cc(-c3ccc4c(c3)c3ccc5oc6ccccc6c5c3n4-c3ccc4ccccc4c3)ccc1C2c1cccc2ccccc12. The van der Waals surface area contributed by atoms with Gasteiger partial charge in [-0.15, -0.1) is 0 Å². The molecular formula is C51H31NO. The highest BCUT2D eigenvalue weighted by Crippen LogP contribution is 2.51. The van der Waals surface area contributed by atoms with Crippen LogP contribution in [0.3, 0.4) is 0 Å². The molecule has 2 heterocycles. The number of hydrogen-bond acceptors (Lipinski definition) is 1. The van der Waals surface area contributed by atoms with Crippen molar-refractivity contribution in [1.29, 1.82) is 0 Å². The van der Waals surface area contributed by atoms with Crippen LogP contribution in [0.4, 0.5) is 0 Å². The molecule has 1 unspecified atom stereocenters. The summed E-state index contributed by atoms with van der Waals surface area (Å²) in [6.07, 6.45) is 0. The van der Waals surface area contributed by atoms with Gasteiger partial charge in [0.1, 0.15) is 11.2 Å². The van der Waals surface area contributed by atoms with Crippen molar-refractivity contribution in [2.75, 3.05) is 0 Å². The van der Waals surface area contributed by atoms with E-state index < -0.39 is 0 Å². The van der Waals surface area contributed by atoms with Gasteiger partial charge in [-0.3, -0.25) is 0 Å². The molecule has 0 saturated heterocycles. The normalized spacial score (nSPS) is 13.8. The molecule has 2 nitrogen and oxygen atoms in total. The monoisotopic (exact) mass is 673 g/mol. The van der Waals surface area contributed by atoms with Crippen LogP contribution in [0.1, 0.15) is 22.6 Å². The Labute approximate surface area is 305 Å². The van der Waals surface area contributed by atoms with E-state index in [0.29, 0.717) is 0 Å². The molecule has 0 aliphatic heterocycles. The molecule has 246 valence electrons. The van der Waals surface area contributed by atoms with E-state index in [-0.39, 0.29) is 5.92 Å². The average Bonchev–Trinajstić information content (AvgIpc) is 3.87. The van der Waals surface area contributed by atoms with Gasteiger partial charge in [-0.25, -0.2) is 0 Å². The number of benzene rings is 9. The smallest absolute Gasteiger partial charge is 0.137 e. The van der Waals surface area contributed by atoms with E-state index in [1.807, 2.05) is 6.07 Å². The highest BCUT2D eigenvalue weighted by molar-refractivity contribution is 6.25. The lowest BCUT2D eigenvalue weighted by Gasteiger charge is -2.17. The van der Waals surface area contributed by atoms with E-state index in [4.69, 9.17) is 4.42 Å². The molecule has 0 radical (unpaired) electrons. The van der Waals surface area contributed by atoms with Crippen LogP contribution in [-0.4, -0.2) is 4.57 Å². The van der Waals surface area contributed by atoms with Crippen molar-refractivity contribution in [3.8, 4) is 27.9 Å². The highest BCUT2D eigenvalue weighted by atomic mass is 16.3. The highest BCUT2D eigenvalue weighted by Gasteiger charge is 2.31. The summed E-state index contributed by atoms with van der Waals surface area (Å²) in [5.41, 5.74) is 14.5. The van der Waals surface area contributed by atoms with Gasteiger partial charge in [0.25, 0.3) is 0 Å². The Hall–Kier alpha value is -6.90. The van der Waals surface area contributed by atoms with Gasteiger partial charge in [0.2, 0.25) is 0 Å². The van der Waals surface area contributed by atoms with Gasteiger partial charge in [0.15, 0.2) is 0 Å². The summed E-state index contributed by atoms with van der Waals surface area (Å²) >= 11 is 0. The van der Waals surface area contributed by atoms with Crippen LogP contribution >= 0.6 is 0 Å². The van der Waals surface area contributed by atoms with Crippen molar-refractivity contribution in [3.05, 3.63) is 199 Å². The molecule has 53 heavy (non-hydrogen) atoms. The van der Waals surface area contributed by atoms with E-state index in [2.05, 4.69) is 180 Å². The molecule has 1 aliphatic rings. The van der Waals surface area contributed by atoms with Crippen molar-refractivity contribution in [1.82, 2.24) is 4.57 Å². The van der Waals surface area contributed by atoms with Crippen LogP contribution in [0.25, 0.3) is 93.2 Å². The van der Waals surface area contributed by atoms with Crippen LogP contribution < -0.4 is 0 Å². The summed E-state index contributed by atoms with van der Waals surface area (Å²) in [6.45, 7) is 0. The van der Waals surface area contributed by atoms with E-state index in [1.54, 1.807) is 0 Å². The van der Waals surface area contributed by atoms with Crippen molar-refractivity contribution in [3.63, 3.8) is 0 Å². The Morgan fingerprint density at radius 1 is 0.396 bits per heavy atom. The van der Waals surface area contributed by atoms with E-state index in [0.717, 1.165) is 27.6 Å². The fourth-order valence-electron chi connectivity index (χ4n) is 9.30. The zero-order chi connectivity index (χ0) is 34.6. The summed E-state index contributed by atoms with van der Waals surface area (Å²) in [5.74, 6) is 0.191. The minimum atomic E-state index is 0.191. The summed E-state index contributed by atoms with van der Waals surface area (Å²) in [4.78, 5) is 0. The van der Waals surface area contributed by atoms with Crippen LogP contribution in [0.2, 0.25) is 0 Å². The molecule has 12 rings (SSSR count). The van der Waals surface area contributed by atoms with E-state index in [1.165, 1.54) is 82.3 Å². The van der Waals surface area contributed by atoms with Crippen molar-refractivity contribution in [2.24, 2.45) is 0 Å². The Balaban J connectivity index is 1.09. The molecule has 1 aliphatic carbocycles. The molecule has 2 aromatic heterocycles. The largest absolute Gasteiger partial charge is 0.456 e. The van der Waals surface area contributed by atoms with Gasteiger partial charge in [-0.2, -0.15) is 0 Å². The van der Waals surface area contributed by atoms with Gasteiger partial charge < -0.3 is 8.98 Å². The lowest BCUT2D eigenvalue weighted by atomic mass is 9.86. The van der Waals surface area contributed by atoms with E-state index in [9.17, 15) is 0 Å². The number of para-hydroxylation sites is 1. The second kappa shape index (κ2) is 10.8. The number of fused-ring (bicyclic) bond motifs is 12. The third-order valence-electron chi connectivity index (χ3n) is 11.7. The van der Waals surface area contributed by atoms with Gasteiger partial charge in [-0.05, 0) is 109 Å². The van der Waals surface area contributed by atoms with Crippen LogP contribution in [0.5, 0.6) is 0 Å². The van der Waals surface area contributed by atoms with Crippen molar-refractivity contribution < 1.29 is 4.42 Å². The first kappa shape index (κ1) is 28.8. The number of furan rings is 1. The Morgan fingerprint density at radius 2 is 1.11 bits per heavy atom. The topological polar surface area (TPSA) is 18.1 Å². The zero-order valence-corrected chi connectivity index (χ0v) is 28.8. The van der Waals surface area contributed by atoms with Crippen LogP contribution in [0.15, 0.2) is 186 Å². The average molecular weight is 674 g/mol. The van der Waals surface area contributed by atoms with Gasteiger partial charge >= 0.3 is 0 Å². The number of nitrogens with zero attached hydrogens (tertiary/aromatic N) is 1. The van der Waals surface area contributed by atoms with Crippen LogP contribution in [-0.2, 0) is 0 Å². The molecule has 2 heteroatoms. The van der Waals surface area contributed by atoms with Crippen molar-refractivity contribution in [2.45, 2.75) is 5.92 Å². The summed E-state index contributed by atoms with van der Waals surface area (Å²) in [7, 11) is 0. The van der Waals surface area contributed by atoms with Gasteiger partial charge in [0, 0.05) is 27.8 Å². The fraction of sp³-hybridized carbons (Fsp3) is 0.0196. The molecule has 0 bridgehead atoms. The standard InChI is InChI=1S/C51H31NO/c1-2-12-33-28-36(23-20-31(33)10-1)52-46-26-22-35(30-45(46)42-25-27-48-50(51(42)52)43-17-7-8-19-47(43)53-48)34-21-24-41-44(29-34)38-15-5-6-16-40(38)49(41)39-18-9-13-32-11-3-4-14-37(32)39/h1-30,49H. The maximum atomic E-state index is 6.43. The molecule has 0 fully saturated rings. The predicted octanol–water partition coefficient (Wildman–Crippen LogP) is 13.8. The summed E-state index contributed by atoms with van der Waals surface area (Å²) in [6, 6.07) is 66.8. The lowest BCUT2D eigenvalue weighted by Crippen LogP contribution is -2.00. The Bertz CT molecular complexity index is 3300. The Kier molecular flexibility index (Phi) is 5.86. The molecule has 11 aromatic rings. The first-order valence-corrected chi connectivity index (χ1v) is 18.4. The third kappa shape index (κ3) is 4.09. The predicted molar refractivity (Wildman–Crippen MR) is 221 cm³/mol. The molecule has 0 saturated carbocycles. The quantitative estimate of drug-likeness (QED) is 0.183. The fourth-order valence-corrected chi connectivity index (χ4v) is 9.30. The molecule has 9 aromatic carbocycles. The minimum Gasteiger partial charge on any atom is -0.456 e. The molecule has 0 N–H and O–H groups in total. The number of rotatable bonds is 3. The van der Waals surface area contributed by atoms with E-state index >= 15 is 0 Å². The van der Waals surface area contributed by atoms with Gasteiger partial charge in [0.05, 0.1) is 16.4 Å². The number of aromatic nitrogens is 1. The first-order valence-electron chi connectivity index (χ1n) is 18.4. The van der Waals surface area contributed by atoms with Crippen LogP contribution in [0, 0.1) is 0 Å². The second-order valence-electron chi connectivity index (χ2n) is 14.4. The zero-order valence-electron chi connectivity index (χ0n) is 28.8. The maximum absolute atomic E-state index is 6.43. The molecule has 0 spiro atoms. The van der Waals surface area contributed by atoms with Crippen molar-refractivity contribution >= 4 is 65.3 Å². The number of hydrogen-bond donors (Lipinski definition) is 0. The summed E-state index contributed by atoms with van der Waals surface area (Å²) < 4.78 is 8.88. The molecular weight excluding hydrogens is 643 g/mol. The summed E-state index contributed by atoms with van der Waals surface area (Å²) in [5, 5.41) is 9.79. The van der Waals surface area contributed by atoms with Gasteiger partial charge in [-0.1, -0.05) is 133 Å². The lowest BCUT2D eigenvalue weighted by molar-refractivity contribution is 0.669. The second-order valence-corrected chi connectivity index (χ2v) is 14.4. The third-order valence-corrected chi connectivity index (χ3v) is 11.7. The molecule has 1 atom stereocenters. The molecule has 0 amide bonds. The first-order chi connectivity index (χ1) is 26.3. The Morgan fingerprint density at radius 3 is 2.06 bits per heavy atom.